The predicted molar refractivity (Wildman–Crippen MR) is 100.0 cm³/mol. The van der Waals surface area contributed by atoms with Crippen molar-refractivity contribution in [1.82, 2.24) is 4.31 Å². The molecule has 1 aliphatic heterocycles. The van der Waals surface area contributed by atoms with Crippen molar-refractivity contribution < 1.29 is 17.5 Å². The summed E-state index contributed by atoms with van der Waals surface area (Å²) in [4.78, 5) is 0. The Labute approximate surface area is 158 Å². The van der Waals surface area contributed by atoms with Gasteiger partial charge in [-0.2, -0.15) is 4.31 Å². The summed E-state index contributed by atoms with van der Waals surface area (Å²) in [6.45, 7) is 4.15. The fourth-order valence-electron chi connectivity index (χ4n) is 3.09. The standard InChI is InChI=1S/C19H21ClFNO3S/c1-19(2)13-25-18(15-4-3-5-16(20)10-15)11-22(19)26(23,24)12-14-6-8-17(21)9-7-14/h3-10,18H,11-13H2,1-2H3. The lowest BCUT2D eigenvalue weighted by atomic mass is 10.0. The summed E-state index contributed by atoms with van der Waals surface area (Å²) < 4.78 is 46.6. The Morgan fingerprint density at radius 3 is 2.58 bits per heavy atom. The smallest absolute Gasteiger partial charge is 0.218 e. The summed E-state index contributed by atoms with van der Waals surface area (Å²) in [6.07, 6.45) is -0.385. The van der Waals surface area contributed by atoms with Crippen LogP contribution >= 0.6 is 11.6 Å². The quantitative estimate of drug-likeness (QED) is 0.778. The molecule has 0 bridgehead atoms. The molecule has 0 spiro atoms. The molecule has 1 aliphatic rings. The molecule has 1 unspecified atom stereocenters. The summed E-state index contributed by atoms with van der Waals surface area (Å²) in [6, 6.07) is 12.8. The zero-order valence-corrected chi connectivity index (χ0v) is 16.2. The molecular formula is C19H21ClFNO3S. The van der Waals surface area contributed by atoms with E-state index in [0.717, 1.165) is 5.56 Å². The molecule has 1 saturated heterocycles. The van der Waals surface area contributed by atoms with Crippen LogP contribution in [-0.4, -0.2) is 31.4 Å². The number of sulfonamides is 1. The Bertz CT molecular complexity index is 884. The molecule has 1 heterocycles. The molecule has 0 radical (unpaired) electrons. The Morgan fingerprint density at radius 2 is 1.92 bits per heavy atom. The Morgan fingerprint density at radius 1 is 1.23 bits per heavy atom. The molecule has 26 heavy (non-hydrogen) atoms. The first-order chi connectivity index (χ1) is 12.2. The van der Waals surface area contributed by atoms with Gasteiger partial charge in [-0.1, -0.05) is 35.9 Å². The van der Waals surface area contributed by atoms with Crippen LogP contribution in [0.2, 0.25) is 5.02 Å². The minimum Gasteiger partial charge on any atom is -0.370 e. The average Bonchev–Trinajstić information content (AvgIpc) is 2.56. The number of rotatable bonds is 4. The third kappa shape index (κ3) is 4.26. The molecular weight excluding hydrogens is 377 g/mol. The SMILES string of the molecule is CC1(C)COC(c2cccc(Cl)c2)CN1S(=O)(=O)Cc1ccc(F)cc1. The van der Waals surface area contributed by atoms with Gasteiger partial charge >= 0.3 is 0 Å². The minimum absolute atomic E-state index is 0.182. The topological polar surface area (TPSA) is 46.6 Å². The summed E-state index contributed by atoms with van der Waals surface area (Å²) >= 11 is 6.05. The van der Waals surface area contributed by atoms with Gasteiger partial charge in [0.05, 0.1) is 24.0 Å². The van der Waals surface area contributed by atoms with E-state index in [4.69, 9.17) is 16.3 Å². The van der Waals surface area contributed by atoms with Gasteiger partial charge in [-0.15, -0.1) is 0 Å². The van der Waals surface area contributed by atoms with Gasteiger partial charge in [0.15, 0.2) is 0 Å². The molecule has 2 aromatic rings. The predicted octanol–water partition coefficient (Wildman–Crippen LogP) is 4.16. The maximum atomic E-state index is 13.1. The monoisotopic (exact) mass is 397 g/mol. The lowest BCUT2D eigenvalue weighted by Crippen LogP contribution is -2.56. The molecule has 1 fully saturated rings. The zero-order chi connectivity index (χ0) is 18.9. The molecule has 0 N–H and O–H groups in total. The van der Waals surface area contributed by atoms with Gasteiger partial charge in [0.25, 0.3) is 0 Å². The lowest BCUT2D eigenvalue weighted by Gasteiger charge is -2.44. The van der Waals surface area contributed by atoms with E-state index in [9.17, 15) is 12.8 Å². The Balaban J connectivity index is 1.85. The first-order valence-corrected chi connectivity index (χ1v) is 10.3. The van der Waals surface area contributed by atoms with Crippen LogP contribution < -0.4 is 0 Å². The van der Waals surface area contributed by atoms with Crippen molar-refractivity contribution in [1.29, 1.82) is 0 Å². The van der Waals surface area contributed by atoms with E-state index in [2.05, 4.69) is 0 Å². The largest absolute Gasteiger partial charge is 0.370 e. The van der Waals surface area contributed by atoms with Gasteiger partial charge in [0.1, 0.15) is 5.82 Å². The number of hydrogen-bond acceptors (Lipinski definition) is 3. The normalized spacial score (nSPS) is 20.8. The van der Waals surface area contributed by atoms with E-state index in [1.165, 1.54) is 28.6 Å². The number of ether oxygens (including phenoxy) is 1. The van der Waals surface area contributed by atoms with Crippen molar-refractivity contribution in [3.63, 3.8) is 0 Å². The van der Waals surface area contributed by atoms with Crippen LogP contribution in [0, 0.1) is 5.82 Å². The fraction of sp³-hybridized carbons (Fsp3) is 0.368. The van der Waals surface area contributed by atoms with Crippen molar-refractivity contribution >= 4 is 21.6 Å². The van der Waals surface area contributed by atoms with Crippen molar-refractivity contribution in [3.05, 3.63) is 70.5 Å². The van der Waals surface area contributed by atoms with Crippen LogP contribution in [0.5, 0.6) is 0 Å². The van der Waals surface area contributed by atoms with E-state index in [1.807, 2.05) is 26.0 Å². The molecule has 0 saturated carbocycles. The van der Waals surface area contributed by atoms with Crippen LogP contribution in [0.4, 0.5) is 4.39 Å². The maximum absolute atomic E-state index is 13.1. The van der Waals surface area contributed by atoms with Crippen molar-refractivity contribution in [2.75, 3.05) is 13.2 Å². The number of nitrogens with zero attached hydrogens (tertiary/aromatic N) is 1. The molecule has 140 valence electrons. The highest BCUT2D eigenvalue weighted by Crippen LogP contribution is 2.34. The number of hydrogen-bond donors (Lipinski definition) is 0. The number of morpholine rings is 1. The van der Waals surface area contributed by atoms with E-state index < -0.39 is 15.6 Å². The van der Waals surface area contributed by atoms with Crippen LogP contribution in [0.3, 0.4) is 0 Å². The molecule has 4 nitrogen and oxygen atoms in total. The van der Waals surface area contributed by atoms with Gasteiger partial charge in [-0.05, 0) is 49.2 Å². The third-order valence-corrected chi connectivity index (χ3v) is 6.71. The fourth-order valence-corrected chi connectivity index (χ4v) is 5.23. The molecule has 7 heteroatoms. The van der Waals surface area contributed by atoms with Gasteiger partial charge in [-0.3, -0.25) is 0 Å². The first-order valence-electron chi connectivity index (χ1n) is 8.29. The van der Waals surface area contributed by atoms with Crippen molar-refractivity contribution in [2.24, 2.45) is 0 Å². The highest BCUT2D eigenvalue weighted by atomic mass is 35.5. The molecule has 3 rings (SSSR count). The van der Waals surface area contributed by atoms with E-state index in [1.54, 1.807) is 12.1 Å². The van der Waals surface area contributed by atoms with E-state index in [-0.39, 0.29) is 30.8 Å². The maximum Gasteiger partial charge on any atom is 0.218 e. The average molecular weight is 398 g/mol. The summed E-state index contributed by atoms with van der Waals surface area (Å²) in [7, 11) is -3.61. The highest BCUT2D eigenvalue weighted by molar-refractivity contribution is 7.88. The highest BCUT2D eigenvalue weighted by Gasteiger charge is 2.42. The summed E-state index contributed by atoms with van der Waals surface area (Å²) in [5.74, 6) is -0.572. The molecule has 0 amide bonds. The van der Waals surface area contributed by atoms with Crippen LogP contribution in [0.25, 0.3) is 0 Å². The Hall–Kier alpha value is -1.47. The summed E-state index contributed by atoms with van der Waals surface area (Å²) in [5.41, 5.74) is 0.719. The van der Waals surface area contributed by atoms with Crippen LogP contribution in [0.15, 0.2) is 48.5 Å². The summed E-state index contributed by atoms with van der Waals surface area (Å²) in [5, 5.41) is 0.580. The van der Waals surface area contributed by atoms with Crippen molar-refractivity contribution in [3.8, 4) is 0 Å². The van der Waals surface area contributed by atoms with Crippen LogP contribution in [-0.2, 0) is 20.5 Å². The molecule has 0 aromatic heterocycles. The second kappa shape index (κ2) is 7.27. The first kappa shape index (κ1) is 19.3. The molecule has 0 aliphatic carbocycles. The zero-order valence-electron chi connectivity index (χ0n) is 14.7. The second-order valence-electron chi connectivity index (χ2n) is 7.08. The third-order valence-electron chi connectivity index (χ3n) is 4.46. The lowest BCUT2D eigenvalue weighted by molar-refractivity contribution is -0.0655. The van der Waals surface area contributed by atoms with Crippen molar-refractivity contribution in [2.45, 2.75) is 31.2 Å². The molecule has 2 aromatic carbocycles. The second-order valence-corrected chi connectivity index (χ2v) is 9.41. The molecule has 1 atom stereocenters. The van der Waals surface area contributed by atoms with Gasteiger partial charge in [0, 0.05) is 11.6 Å². The van der Waals surface area contributed by atoms with Gasteiger partial charge in [-0.25, -0.2) is 12.8 Å². The van der Waals surface area contributed by atoms with Gasteiger partial charge in [0.2, 0.25) is 10.0 Å². The Kier molecular flexibility index (Phi) is 5.40. The van der Waals surface area contributed by atoms with Crippen LogP contribution in [0.1, 0.15) is 31.1 Å². The van der Waals surface area contributed by atoms with E-state index >= 15 is 0 Å². The minimum atomic E-state index is -3.61. The number of benzene rings is 2. The number of halogens is 2. The van der Waals surface area contributed by atoms with E-state index in [0.29, 0.717) is 10.6 Å². The van der Waals surface area contributed by atoms with Gasteiger partial charge < -0.3 is 4.74 Å².